The van der Waals surface area contributed by atoms with Gasteiger partial charge in [-0.05, 0) is 102 Å². The van der Waals surface area contributed by atoms with Gasteiger partial charge < -0.3 is 0 Å². The second kappa shape index (κ2) is 17.6. The predicted octanol–water partition coefficient (Wildman–Crippen LogP) is 18.4. The van der Waals surface area contributed by atoms with Gasteiger partial charge >= 0.3 is 0 Å². The van der Waals surface area contributed by atoms with Gasteiger partial charge in [0.05, 0.1) is 22.8 Å². The summed E-state index contributed by atoms with van der Waals surface area (Å²) in [4.78, 5) is 20.8. The van der Waals surface area contributed by atoms with Crippen molar-refractivity contribution in [1.29, 1.82) is 0 Å². The molecule has 12 aromatic rings. The fourth-order valence-corrected chi connectivity index (χ4v) is 12.1. The van der Waals surface area contributed by atoms with E-state index in [0.717, 1.165) is 67.3 Å². The number of hydrogen-bond acceptors (Lipinski definition) is 4. The van der Waals surface area contributed by atoms with Crippen LogP contribution in [0.1, 0.15) is 49.9 Å². The topological polar surface area (TPSA) is 51.6 Å². The molecule has 0 atom stereocenters. The molecule has 0 amide bonds. The van der Waals surface area contributed by atoms with Gasteiger partial charge in [-0.1, -0.05) is 246 Å². The molecule has 0 aliphatic heterocycles. The van der Waals surface area contributed by atoms with E-state index in [1.54, 1.807) is 0 Å². The normalized spacial score (nSPS) is 13.5. The minimum atomic E-state index is -0.114. The average molecular weight is 973 g/mol. The monoisotopic (exact) mass is 972 g/mol. The molecule has 0 unspecified atom stereocenters. The Hall–Kier alpha value is -9.38. The summed E-state index contributed by atoms with van der Waals surface area (Å²) in [6, 6.07) is 87.1. The van der Waals surface area contributed by atoms with Crippen LogP contribution in [-0.2, 0) is 10.8 Å². The molecule has 360 valence electrons. The summed E-state index contributed by atoms with van der Waals surface area (Å²) in [6.45, 7) is 9.30. The molecule has 4 nitrogen and oxygen atoms in total. The molecule has 2 aliphatic carbocycles. The Morgan fingerprint density at radius 1 is 0.224 bits per heavy atom. The summed E-state index contributed by atoms with van der Waals surface area (Å²) in [5.41, 5.74) is 24.8. The van der Waals surface area contributed by atoms with Crippen molar-refractivity contribution < 1.29 is 0 Å². The molecule has 2 heterocycles. The van der Waals surface area contributed by atoms with Crippen molar-refractivity contribution in [3.05, 3.63) is 265 Å². The SMILES string of the molecule is CC1(C)c2ccccc2-c2ccc(-c3cc(-c4ccc(-c5cccc6c(-c7ccc(-c8cc(-c9ccc%10c(c9)C(C)(C)c9ccccc9-%10)nc(-c9ccccc9)n8)cc7)cccc56)cc4)nc(-c4ccccc4)n3)cc21. The maximum atomic E-state index is 5.21. The standard InChI is InChI=1S/C72H52N4/c1-71(2)61-27-13-11-21-57(61)59-39-37-51(41-63(59)71)67-43-65(73-69(75-67)49-17-7-5-8-18-49)47-33-29-45(30-34-47)53-23-15-26-56-54(24-16-25-55(53)56)46-31-35-48(36-32-46)66-44-68(76-70(74-66)50-19-9-6-10-20-50)52-38-40-60-58-22-12-14-28-62(58)72(3,4)64(60)42-52/h5-44H,1-4H3. The smallest absolute Gasteiger partial charge is 0.160 e. The minimum Gasteiger partial charge on any atom is -0.228 e. The first-order valence-electron chi connectivity index (χ1n) is 26.3. The zero-order valence-electron chi connectivity index (χ0n) is 42.9. The molecule has 0 spiro atoms. The first-order chi connectivity index (χ1) is 37.2. The van der Waals surface area contributed by atoms with E-state index >= 15 is 0 Å². The Morgan fingerprint density at radius 3 is 0.947 bits per heavy atom. The van der Waals surface area contributed by atoms with Crippen molar-refractivity contribution in [3.63, 3.8) is 0 Å². The van der Waals surface area contributed by atoms with Crippen LogP contribution < -0.4 is 0 Å². The number of fused-ring (bicyclic) bond motifs is 7. The van der Waals surface area contributed by atoms with Crippen LogP contribution in [-0.4, -0.2) is 19.9 Å². The molecule has 14 rings (SSSR count). The highest BCUT2D eigenvalue weighted by molar-refractivity contribution is 6.04. The van der Waals surface area contributed by atoms with E-state index in [0.29, 0.717) is 11.6 Å². The van der Waals surface area contributed by atoms with Crippen LogP contribution in [0.4, 0.5) is 0 Å². The second-order valence-corrected chi connectivity index (χ2v) is 21.4. The van der Waals surface area contributed by atoms with Gasteiger partial charge in [-0.3, -0.25) is 0 Å². The van der Waals surface area contributed by atoms with E-state index in [4.69, 9.17) is 19.9 Å². The second-order valence-electron chi connectivity index (χ2n) is 21.4. The van der Waals surface area contributed by atoms with Gasteiger partial charge in [0, 0.05) is 44.2 Å². The van der Waals surface area contributed by atoms with Crippen LogP contribution in [0.25, 0.3) is 123 Å². The number of nitrogens with zero attached hydrogens (tertiary/aromatic N) is 4. The zero-order valence-corrected chi connectivity index (χ0v) is 42.9. The van der Waals surface area contributed by atoms with E-state index in [1.807, 2.05) is 36.4 Å². The summed E-state index contributed by atoms with van der Waals surface area (Å²) in [7, 11) is 0. The van der Waals surface area contributed by atoms with Crippen molar-refractivity contribution >= 4 is 10.8 Å². The lowest BCUT2D eigenvalue weighted by molar-refractivity contribution is 0.660. The van der Waals surface area contributed by atoms with E-state index < -0.39 is 0 Å². The van der Waals surface area contributed by atoms with Gasteiger partial charge in [0.1, 0.15) is 0 Å². The molecule has 76 heavy (non-hydrogen) atoms. The van der Waals surface area contributed by atoms with Crippen molar-refractivity contribution in [2.24, 2.45) is 0 Å². The summed E-state index contributed by atoms with van der Waals surface area (Å²) in [5, 5.41) is 2.39. The zero-order chi connectivity index (χ0) is 51.1. The third-order valence-electron chi connectivity index (χ3n) is 16.2. The van der Waals surface area contributed by atoms with Crippen molar-refractivity contribution in [2.75, 3.05) is 0 Å². The Morgan fingerprint density at radius 2 is 0.539 bits per heavy atom. The van der Waals surface area contributed by atoms with Gasteiger partial charge in [-0.25, -0.2) is 19.9 Å². The van der Waals surface area contributed by atoms with Gasteiger partial charge in [0.15, 0.2) is 11.6 Å². The molecule has 4 heteroatoms. The highest BCUT2D eigenvalue weighted by Crippen LogP contribution is 2.51. The lowest BCUT2D eigenvalue weighted by atomic mass is 9.82. The molecule has 10 aromatic carbocycles. The lowest BCUT2D eigenvalue weighted by Gasteiger charge is -2.22. The molecular weight excluding hydrogens is 921 g/mol. The van der Waals surface area contributed by atoms with Crippen LogP contribution in [0, 0.1) is 0 Å². The van der Waals surface area contributed by atoms with Crippen molar-refractivity contribution in [3.8, 4) is 112 Å². The number of hydrogen-bond donors (Lipinski definition) is 0. The minimum absolute atomic E-state index is 0.114. The summed E-state index contributed by atoms with van der Waals surface area (Å²) >= 11 is 0. The maximum Gasteiger partial charge on any atom is 0.160 e. The number of rotatable bonds is 8. The summed E-state index contributed by atoms with van der Waals surface area (Å²) < 4.78 is 0. The van der Waals surface area contributed by atoms with Crippen LogP contribution in [0.3, 0.4) is 0 Å². The molecule has 0 N–H and O–H groups in total. The molecule has 2 aliphatic rings. The molecular formula is C72H52N4. The van der Waals surface area contributed by atoms with E-state index in [1.165, 1.54) is 66.4 Å². The summed E-state index contributed by atoms with van der Waals surface area (Å²) in [5.74, 6) is 1.42. The van der Waals surface area contributed by atoms with Crippen molar-refractivity contribution in [1.82, 2.24) is 19.9 Å². The molecule has 0 radical (unpaired) electrons. The van der Waals surface area contributed by atoms with Crippen molar-refractivity contribution in [2.45, 2.75) is 38.5 Å². The van der Waals surface area contributed by atoms with E-state index in [9.17, 15) is 0 Å². The quantitative estimate of drug-likeness (QED) is 0.152. The molecule has 0 saturated heterocycles. The van der Waals surface area contributed by atoms with E-state index in [2.05, 4.69) is 234 Å². The van der Waals surface area contributed by atoms with Gasteiger partial charge in [0.25, 0.3) is 0 Å². The molecule has 0 saturated carbocycles. The van der Waals surface area contributed by atoms with E-state index in [-0.39, 0.29) is 10.8 Å². The van der Waals surface area contributed by atoms with Crippen LogP contribution in [0.5, 0.6) is 0 Å². The Bertz CT molecular complexity index is 3970. The first kappa shape index (κ1) is 45.3. The fraction of sp³-hybridized carbons (Fsp3) is 0.0833. The van der Waals surface area contributed by atoms with Gasteiger partial charge in [-0.15, -0.1) is 0 Å². The Kier molecular flexibility index (Phi) is 10.5. The largest absolute Gasteiger partial charge is 0.228 e. The Balaban J connectivity index is 0.787. The van der Waals surface area contributed by atoms with Gasteiger partial charge in [-0.2, -0.15) is 0 Å². The Labute approximate surface area is 444 Å². The van der Waals surface area contributed by atoms with Crippen LogP contribution in [0.2, 0.25) is 0 Å². The predicted molar refractivity (Wildman–Crippen MR) is 314 cm³/mol. The highest BCUT2D eigenvalue weighted by Gasteiger charge is 2.37. The van der Waals surface area contributed by atoms with Crippen LogP contribution in [0.15, 0.2) is 243 Å². The number of benzene rings is 10. The molecule has 0 fully saturated rings. The molecule has 2 aromatic heterocycles. The fourth-order valence-electron chi connectivity index (χ4n) is 12.1. The average Bonchev–Trinajstić information content (AvgIpc) is 3.90. The third-order valence-corrected chi connectivity index (χ3v) is 16.2. The summed E-state index contributed by atoms with van der Waals surface area (Å²) in [6.07, 6.45) is 0. The van der Waals surface area contributed by atoms with Crippen LogP contribution >= 0.6 is 0 Å². The lowest BCUT2D eigenvalue weighted by Crippen LogP contribution is -2.14. The third kappa shape index (κ3) is 7.51. The first-order valence-corrected chi connectivity index (χ1v) is 26.3. The molecule has 0 bridgehead atoms. The highest BCUT2D eigenvalue weighted by atomic mass is 14.9. The van der Waals surface area contributed by atoms with Gasteiger partial charge in [0.2, 0.25) is 0 Å². The number of aromatic nitrogens is 4. The maximum absolute atomic E-state index is 5.21.